The Bertz CT molecular complexity index is 371. The van der Waals surface area contributed by atoms with Crippen LogP contribution in [0.4, 0.5) is 0 Å². The summed E-state index contributed by atoms with van der Waals surface area (Å²) < 4.78 is 33.3. The number of carbonyl (C=O) groups excluding carboxylic acids is 2. The monoisotopic (exact) mass is 338 g/mol. The number of rotatable bonds is 12. The van der Waals surface area contributed by atoms with Crippen LogP contribution in [0.2, 0.25) is 0 Å². The Morgan fingerprint density at radius 2 is 1.41 bits per heavy atom. The molecule has 0 radical (unpaired) electrons. The van der Waals surface area contributed by atoms with E-state index in [0.717, 1.165) is 0 Å². The number of ether oxygens (including phenoxy) is 2. The van der Waals surface area contributed by atoms with Crippen LogP contribution in [0.1, 0.15) is 47.0 Å². The molecule has 0 bridgehead atoms. The summed E-state index contributed by atoms with van der Waals surface area (Å²) in [6, 6.07) is 0. The normalized spacial score (nSPS) is 12.7. The lowest BCUT2D eigenvalue weighted by Crippen LogP contribution is -2.29. The van der Waals surface area contributed by atoms with E-state index in [1.165, 1.54) is 0 Å². The zero-order valence-electron chi connectivity index (χ0n) is 13.8. The minimum atomic E-state index is -3.80. The Morgan fingerprint density at radius 3 is 1.82 bits per heavy atom. The summed E-state index contributed by atoms with van der Waals surface area (Å²) in [5.41, 5.74) is -1.30. The van der Waals surface area contributed by atoms with Gasteiger partial charge < -0.3 is 18.5 Å². The molecule has 0 aromatic heterocycles. The molecule has 0 aromatic carbocycles. The van der Waals surface area contributed by atoms with Crippen molar-refractivity contribution in [2.24, 2.45) is 0 Å². The lowest BCUT2D eigenvalue weighted by Gasteiger charge is -2.24. The molecule has 1 unspecified atom stereocenters. The fourth-order valence-corrected chi connectivity index (χ4v) is 3.61. The second-order valence-corrected chi connectivity index (χ2v) is 6.70. The maximum Gasteiger partial charge on any atom is 0.345 e. The summed E-state index contributed by atoms with van der Waals surface area (Å²) in [4.78, 5) is 23.8. The van der Waals surface area contributed by atoms with Gasteiger partial charge in [0, 0.05) is 0 Å². The third-order valence-corrected chi connectivity index (χ3v) is 4.80. The van der Waals surface area contributed by atoms with Gasteiger partial charge in [-0.2, -0.15) is 0 Å². The van der Waals surface area contributed by atoms with Gasteiger partial charge in [-0.3, -0.25) is 14.2 Å². The molecule has 0 saturated carbocycles. The first kappa shape index (κ1) is 21.1. The van der Waals surface area contributed by atoms with Crippen LogP contribution >= 0.6 is 7.60 Å². The largest absolute Gasteiger partial charge is 0.466 e. The van der Waals surface area contributed by atoms with Crippen molar-refractivity contribution >= 4 is 19.5 Å². The molecule has 0 fully saturated rings. The van der Waals surface area contributed by atoms with Crippen LogP contribution in [0.5, 0.6) is 0 Å². The predicted octanol–water partition coefficient (Wildman–Crippen LogP) is 2.92. The van der Waals surface area contributed by atoms with Gasteiger partial charge in [0.15, 0.2) is 5.66 Å². The fourth-order valence-electron chi connectivity index (χ4n) is 1.59. The van der Waals surface area contributed by atoms with Crippen molar-refractivity contribution in [1.29, 1.82) is 0 Å². The van der Waals surface area contributed by atoms with Crippen molar-refractivity contribution < 1.29 is 32.7 Å². The van der Waals surface area contributed by atoms with Gasteiger partial charge in [0.05, 0.1) is 32.8 Å². The van der Waals surface area contributed by atoms with Gasteiger partial charge in [0.1, 0.15) is 0 Å². The summed E-state index contributed by atoms with van der Waals surface area (Å²) in [6.07, 6.45) is 0.820. The molecule has 8 heteroatoms. The van der Waals surface area contributed by atoms with E-state index in [2.05, 4.69) is 0 Å². The standard InChI is InChI=1S/C14H27O7P/c1-5-9-20-22(17,21-10-6-2)12(14(16)19-8-4)11-13(15)18-7-3/h12H,5-11H2,1-4H3. The van der Waals surface area contributed by atoms with E-state index in [-0.39, 0.29) is 26.4 Å². The molecule has 0 rings (SSSR count). The van der Waals surface area contributed by atoms with Crippen molar-refractivity contribution in [3.8, 4) is 0 Å². The smallest absolute Gasteiger partial charge is 0.345 e. The van der Waals surface area contributed by atoms with Crippen molar-refractivity contribution in [1.82, 2.24) is 0 Å². The van der Waals surface area contributed by atoms with Gasteiger partial charge in [-0.1, -0.05) is 13.8 Å². The Morgan fingerprint density at radius 1 is 0.909 bits per heavy atom. The second kappa shape index (κ2) is 11.6. The maximum absolute atomic E-state index is 12.9. The summed E-state index contributed by atoms with van der Waals surface area (Å²) in [7, 11) is -3.80. The van der Waals surface area contributed by atoms with Crippen LogP contribution in [0, 0.1) is 0 Å². The van der Waals surface area contributed by atoms with Crippen molar-refractivity contribution in [2.45, 2.75) is 52.6 Å². The molecule has 0 aliphatic heterocycles. The third-order valence-electron chi connectivity index (χ3n) is 2.56. The van der Waals surface area contributed by atoms with E-state index < -0.39 is 31.6 Å². The highest BCUT2D eigenvalue weighted by Crippen LogP contribution is 2.55. The Labute approximate surface area is 132 Å². The number of esters is 2. The summed E-state index contributed by atoms with van der Waals surface area (Å²) in [5, 5.41) is 0. The molecule has 0 heterocycles. The molecule has 22 heavy (non-hydrogen) atoms. The average Bonchev–Trinajstić information content (AvgIpc) is 2.49. The predicted molar refractivity (Wildman–Crippen MR) is 81.8 cm³/mol. The third kappa shape index (κ3) is 7.38. The van der Waals surface area contributed by atoms with Crippen LogP contribution < -0.4 is 0 Å². The molecule has 0 aliphatic rings. The molecule has 1 atom stereocenters. The van der Waals surface area contributed by atoms with Crippen LogP contribution in [0.25, 0.3) is 0 Å². The fraction of sp³-hybridized carbons (Fsp3) is 0.857. The van der Waals surface area contributed by atoms with E-state index in [1.54, 1.807) is 13.8 Å². The molecule has 130 valence electrons. The lowest BCUT2D eigenvalue weighted by atomic mass is 10.3. The second-order valence-electron chi connectivity index (χ2n) is 4.48. The van der Waals surface area contributed by atoms with E-state index in [1.807, 2.05) is 13.8 Å². The van der Waals surface area contributed by atoms with Crippen molar-refractivity contribution in [2.75, 3.05) is 26.4 Å². The molecule has 0 N–H and O–H groups in total. The molecule has 0 spiro atoms. The van der Waals surface area contributed by atoms with E-state index in [4.69, 9.17) is 18.5 Å². The summed E-state index contributed by atoms with van der Waals surface area (Å²) in [5.74, 6) is -1.41. The minimum absolute atomic E-state index is 0.111. The van der Waals surface area contributed by atoms with Crippen LogP contribution in [-0.4, -0.2) is 44.0 Å². The first-order chi connectivity index (χ1) is 10.4. The first-order valence-corrected chi connectivity index (χ1v) is 9.27. The topological polar surface area (TPSA) is 88.1 Å². The van der Waals surface area contributed by atoms with Gasteiger partial charge in [-0.25, -0.2) is 0 Å². The van der Waals surface area contributed by atoms with Crippen LogP contribution in [-0.2, 0) is 32.7 Å². The van der Waals surface area contributed by atoms with Crippen molar-refractivity contribution in [3.63, 3.8) is 0 Å². The molecule has 7 nitrogen and oxygen atoms in total. The average molecular weight is 338 g/mol. The van der Waals surface area contributed by atoms with E-state index >= 15 is 0 Å². The van der Waals surface area contributed by atoms with Crippen LogP contribution in [0.3, 0.4) is 0 Å². The Kier molecular flexibility index (Phi) is 11.1. The lowest BCUT2D eigenvalue weighted by molar-refractivity contribution is -0.149. The molecular formula is C14H27O7P. The minimum Gasteiger partial charge on any atom is -0.466 e. The highest BCUT2D eigenvalue weighted by atomic mass is 31.2. The molecule has 0 aliphatic carbocycles. The zero-order valence-corrected chi connectivity index (χ0v) is 14.7. The maximum atomic E-state index is 12.9. The summed E-state index contributed by atoms with van der Waals surface area (Å²) in [6.45, 7) is 7.58. The Balaban J connectivity index is 5.27. The quantitative estimate of drug-likeness (QED) is 0.399. The molecule has 0 amide bonds. The molecule has 0 aromatic rings. The molecule has 0 saturated heterocycles. The van der Waals surface area contributed by atoms with Gasteiger partial charge in [-0.05, 0) is 26.7 Å². The number of hydrogen-bond donors (Lipinski definition) is 0. The first-order valence-electron chi connectivity index (χ1n) is 7.66. The Hall–Kier alpha value is -0.910. The SMILES string of the molecule is CCCOP(=O)(OCCC)C(CC(=O)OCC)C(=O)OCC. The number of carbonyl (C=O) groups is 2. The highest BCUT2D eigenvalue weighted by Gasteiger charge is 2.44. The van der Waals surface area contributed by atoms with Gasteiger partial charge in [-0.15, -0.1) is 0 Å². The van der Waals surface area contributed by atoms with Gasteiger partial charge >= 0.3 is 19.5 Å². The van der Waals surface area contributed by atoms with E-state index in [9.17, 15) is 14.2 Å². The highest BCUT2D eigenvalue weighted by molar-refractivity contribution is 7.55. The van der Waals surface area contributed by atoms with Crippen molar-refractivity contribution in [3.05, 3.63) is 0 Å². The molecular weight excluding hydrogens is 311 g/mol. The van der Waals surface area contributed by atoms with Gasteiger partial charge in [0.25, 0.3) is 0 Å². The van der Waals surface area contributed by atoms with Gasteiger partial charge in [0.2, 0.25) is 0 Å². The zero-order chi connectivity index (χ0) is 17.0. The van der Waals surface area contributed by atoms with Crippen LogP contribution in [0.15, 0.2) is 0 Å². The summed E-state index contributed by atoms with van der Waals surface area (Å²) >= 11 is 0. The number of hydrogen-bond acceptors (Lipinski definition) is 7. The van der Waals surface area contributed by atoms with E-state index in [0.29, 0.717) is 12.8 Å².